The number of hydrogen-bond acceptors (Lipinski definition) is 4. The molecule has 32 heavy (non-hydrogen) atoms. The molecule has 1 atom stereocenters. The summed E-state index contributed by atoms with van der Waals surface area (Å²) in [5.41, 5.74) is 2.28. The van der Waals surface area contributed by atoms with Gasteiger partial charge >= 0.3 is 0 Å². The molecule has 0 bridgehead atoms. The van der Waals surface area contributed by atoms with Gasteiger partial charge < -0.3 is 5.32 Å². The predicted octanol–water partition coefficient (Wildman–Crippen LogP) is 2.85. The van der Waals surface area contributed by atoms with Gasteiger partial charge in [-0.3, -0.25) is 14.5 Å². The van der Waals surface area contributed by atoms with Crippen LogP contribution in [-0.4, -0.2) is 43.7 Å². The van der Waals surface area contributed by atoms with E-state index in [9.17, 15) is 18.0 Å². The van der Waals surface area contributed by atoms with Gasteiger partial charge in [0.25, 0.3) is 0 Å². The number of nitrogens with one attached hydrogen (secondary N) is 1. The van der Waals surface area contributed by atoms with E-state index in [1.165, 1.54) is 11.8 Å². The van der Waals surface area contributed by atoms with E-state index < -0.39 is 16.1 Å². The van der Waals surface area contributed by atoms with Crippen molar-refractivity contribution in [1.29, 1.82) is 0 Å². The largest absolute Gasteiger partial charge is 0.350 e. The topological polar surface area (TPSA) is 86.8 Å². The van der Waals surface area contributed by atoms with E-state index in [0.29, 0.717) is 37.3 Å². The number of carbonyl (C=O) groups excluding carboxylic acids is 2. The summed E-state index contributed by atoms with van der Waals surface area (Å²) in [6.45, 7) is 2.86. The Labute approximate surface area is 189 Å². The molecule has 1 fully saturated rings. The highest BCUT2D eigenvalue weighted by atomic mass is 32.2. The molecule has 2 heterocycles. The Balaban J connectivity index is 1.55. The van der Waals surface area contributed by atoms with Crippen LogP contribution in [0.5, 0.6) is 0 Å². The quantitative estimate of drug-likeness (QED) is 0.751. The lowest BCUT2D eigenvalue weighted by Gasteiger charge is -2.24. The van der Waals surface area contributed by atoms with Crippen LogP contribution >= 0.6 is 0 Å². The first kappa shape index (κ1) is 22.5. The minimum absolute atomic E-state index is 0.229. The molecule has 8 heteroatoms. The Morgan fingerprint density at radius 2 is 1.69 bits per heavy atom. The number of sulfonamides is 1. The lowest BCUT2D eigenvalue weighted by Crippen LogP contribution is -2.47. The van der Waals surface area contributed by atoms with Crippen molar-refractivity contribution >= 4 is 27.5 Å². The molecule has 1 N–H and O–H groups in total. The number of fused-ring (bicyclic) bond motifs is 1. The van der Waals surface area contributed by atoms with E-state index in [0.717, 1.165) is 31.2 Å². The molecule has 170 valence electrons. The standard InChI is InChI=1S/C24H29N3O4S/c1-18(28)27-22-12-11-21(32(30,31)26-13-7-2-3-8-14-26)15-20(22)16-23(27)24(29)25-17-19-9-5-4-6-10-19/h4-6,9-12,15,23H,2-3,7-8,13-14,16-17H2,1H3,(H,25,29)/t23-/m0/s1. The summed E-state index contributed by atoms with van der Waals surface area (Å²) in [6, 6.07) is 13.7. The minimum atomic E-state index is -3.60. The first-order valence-corrected chi connectivity index (χ1v) is 12.6. The van der Waals surface area contributed by atoms with Crippen LogP contribution in [0.4, 0.5) is 5.69 Å². The van der Waals surface area contributed by atoms with E-state index >= 15 is 0 Å². The van der Waals surface area contributed by atoms with E-state index in [4.69, 9.17) is 0 Å². The highest BCUT2D eigenvalue weighted by Crippen LogP contribution is 2.35. The van der Waals surface area contributed by atoms with Gasteiger partial charge in [-0.05, 0) is 42.2 Å². The van der Waals surface area contributed by atoms with E-state index in [2.05, 4.69) is 5.32 Å². The van der Waals surface area contributed by atoms with Gasteiger partial charge in [0.1, 0.15) is 6.04 Å². The van der Waals surface area contributed by atoms with Crippen LogP contribution in [0.2, 0.25) is 0 Å². The highest BCUT2D eigenvalue weighted by Gasteiger charge is 2.38. The van der Waals surface area contributed by atoms with Crippen LogP contribution in [0.15, 0.2) is 53.4 Å². The summed E-state index contributed by atoms with van der Waals surface area (Å²) in [5, 5.41) is 2.90. The Bertz CT molecular complexity index is 1090. The molecule has 0 aromatic heterocycles. The van der Waals surface area contributed by atoms with Crippen molar-refractivity contribution in [3.8, 4) is 0 Å². The normalized spacial score (nSPS) is 19.3. The molecule has 0 radical (unpaired) electrons. The molecule has 2 amide bonds. The van der Waals surface area contributed by atoms with Crippen molar-refractivity contribution in [2.45, 2.75) is 56.5 Å². The molecule has 2 aliphatic rings. The molecular formula is C24H29N3O4S. The minimum Gasteiger partial charge on any atom is -0.350 e. The summed E-state index contributed by atoms with van der Waals surface area (Å²) in [4.78, 5) is 27.0. The van der Waals surface area contributed by atoms with Crippen molar-refractivity contribution < 1.29 is 18.0 Å². The van der Waals surface area contributed by atoms with Gasteiger partial charge in [-0.2, -0.15) is 4.31 Å². The van der Waals surface area contributed by atoms with Crippen molar-refractivity contribution in [3.05, 3.63) is 59.7 Å². The molecule has 7 nitrogen and oxygen atoms in total. The van der Waals surface area contributed by atoms with Crippen LogP contribution in [0.25, 0.3) is 0 Å². The molecule has 0 unspecified atom stereocenters. The van der Waals surface area contributed by atoms with Crippen molar-refractivity contribution in [3.63, 3.8) is 0 Å². The van der Waals surface area contributed by atoms with Gasteiger partial charge in [0.15, 0.2) is 0 Å². The second kappa shape index (κ2) is 9.42. The number of benzene rings is 2. The SMILES string of the molecule is CC(=O)N1c2ccc(S(=O)(=O)N3CCCCCC3)cc2C[C@H]1C(=O)NCc1ccccc1. The van der Waals surface area contributed by atoms with Gasteiger partial charge in [-0.1, -0.05) is 43.2 Å². The molecular weight excluding hydrogens is 426 g/mol. The van der Waals surface area contributed by atoms with Gasteiger partial charge in [0.2, 0.25) is 21.8 Å². The number of nitrogens with zero attached hydrogens (tertiary/aromatic N) is 2. The van der Waals surface area contributed by atoms with E-state index in [-0.39, 0.29) is 16.7 Å². The third kappa shape index (κ3) is 4.56. The molecule has 4 rings (SSSR count). The lowest BCUT2D eigenvalue weighted by molar-refractivity contribution is -0.125. The smallest absolute Gasteiger partial charge is 0.243 e. The van der Waals surface area contributed by atoms with Crippen LogP contribution in [0, 0.1) is 0 Å². The lowest BCUT2D eigenvalue weighted by atomic mass is 10.1. The number of amides is 2. The summed E-state index contributed by atoms with van der Waals surface area (Å²) in [6.07, 6.45) is 4.11. The summed E-state index contributed by atoms with van der Waals surface area (Å²) < 4.78 is 28.0. The molecule has 2 aromatic carbocycles. The Morgan fingerprint density at radius 1 is 1.00 bits per heavy atom. The summed E-state index contributed by atoms with van der Waals surface area (Å²) in [5.74, 6) is -0.496. The number of anilines is 1. The Morgan fingerprint density at radius 3 is 2.34 bits per heavy atom. The third-order valence-corrected chi connectivity index (χ3v) is 8.08. The average Bonchev–Trinajstić information content (AvgIpc) is 2.96. The van der Waals surface area contributed by atoms with Gasteiger partial charge in [0.05, 0.1) is 4.90 Å². The molecule has 2 aromatic rings. The fourth-order valence-corrected chi connectivity index (χ4v) is 6.09. The maximum Gasteiger partial charge on any atom is 0.243 e. The van der Waals surface area contributed by atoms with Crippen molar-refractivity contribution in [1.82, 2.24) is 9.62 Å². The average molecular weight is 456 g/mol. The zero-order valence-electron chi connectivity index (χ0n) is 18.3. The maximum absolute atomic E-state index is 13.2. The van der Waals surface area contributed by atoms with Crippen LogP contribution < -0.4 is 10.2 Å². The van der Waals surface area contributed by atoms with E-state index in [1.807, 2.05) is 30.3 Å². The molecule has 0 spiro atoms. The molecule has 0 saturated carbocycles. The maximum atomic E-state index is 13.2. The van der Waals surface area contributed by atoms with Crippen molar-refractivity contribution in [2.75, 3.05) is 18.0 Å². The summed E-state index contributed by atoms with van der Waals surface area (Å²) in [7, 11) is -3.60. The second-order valence-electron chi connectivity index (χ2n) is 8.42. The highest BCUT2D eigenvalue weighted by molar-refractivity contribution is 7.89. The number of rotatable bonds is 5. The van der Waals surface area contributed by atoms with E-state index in [1.54, 1.807) is 22.5 Å². The number of carbonyl (C=O) groups is 2. The zero-order valence-corrected chi connectivity index (χ0v) is 19.1. The van der Waals surface area contributed by atoms with Gasteiger partial charge in [0, 0.05) is 38.7 Å². The van der Waals surface area contributed by atoms with Crippen LogP contribution in [-0.2, 0) is 32.6 Å². The third-order valence-electron chi connectivity index (χ3n) is 6.19. The molecule has 1 saturated heterocycles. The van der Waals surface area contributed by atoms with Gasteiger partial charge in [-0.15, -0.1) is 0 Å². The molecule has 0 aliphatic carbocycles. The predicted molar refractivity (Wildman–Crippen MR) is 123 cm³/mol. The summed E-state index contributed by atoms with van der Waals surface area (Å²) >= 11 is 0. The fraction of sp³-hybridized carbons (Fsp3) is 0.417. The second-order valence-corrected chi connectivity index (χ2v) is 10.4. The Kier molecular flexibility index (Phi) is 6.62. The Hall–Kier alpha value is -2.71. The molecule has 2 aliphatic heterocycles. The first-order chi connectivity index (χ1) is 15.4. The monoisotopic (exact) mass is 455 g/mol. The van der Waals surface area contributed by atoms with Crippen LogP contribution in [0.1, 0.15) is 43.7 Å². The van der Waals surface area contributed by atoms with Crippen molar-refractivity contribution in [2.24, 2.45) is 0 Å². The van der Waals surface area contributed by atoms with Crippen LogP contribution in [0.3, 0.4) is 0 Å². The first-order valence-electron chi connectivity index (χ1n) is 11.1. The zero-order chi connectivity index (χ0) is 22.7. The number of hydrogen-bond donors (Lipinski definition) is 1. The van der Waals surface area contributed by atoms with Gasteiger partial charge in [-0.25, -0.2) is 8.42 Å². The fourth-order valence-electron chi connectivity index (χ4n) is 4.52.